The summed E-state index contributed by atoms with van der Waals surface area (Å²) < 4.78 is 38.1. The van der Waals surface area contributed by atoms with Gasteiger partial charge in [0.25, 0.3) is 0 Å². The molecular formula is C18H24N2O5S. The number of aryl methyl sites for hydroxylation is 1. The lowest BCUT2D eigenvalue weighted by Crippen LogP contribution is -2.46. The number of rotatable bonds is 5. The zero-order valence-electron chi connectivity index (χ0n) is 15.2. The van der Waals surface area contributed by atoms with Crippen molar-refractivity contribution in [1.29, 1.82) is 0 Å². The van der Waals surface area contributed by atoms with Crippen LogP contribution in [0, 0.1) is 6.92 Å². The molecule has 0 bridgehead atoms. The monoisotopic (exact) mass is 380 g/mol. The Labute approximate surface area is 153 Å². The molecule has 1 aliphatic rings. The molecule has 26 heavy (non-hydrogen) atoms. The number of nitrogens with one attached hydrogen (secondary N) is 1. The largest absolute Gasteiger partial charge is 0.460 e. The van der Waals surface area contributed by atoms with Gasteiger partial charge in [-0.15, -0.1) is 0 Å². The third-order valence-electron chi connectivity index (χ3n) is 4.80. The Bertz CT molecular complexity index is 919. The molecule has 0 amide bonds. The van der Waals surface area contributed by atoms with Crippen molar-refractivity contribution < 1.29 is 22.4 Å². The summed E-state index contributed by atoms with van der Waals surface area (Å²) in [5, 5.41) is 3.76. The summed E-state index contributed by atoms with van der Waals surface area (Å²) in [6, 6.07) is 4.86. The van der Waals surface area contributed by atoms with Gasteiger partial charge in [0.15, 0.2) is 0 Å². The Morgan fingerprint density at radius 2 is 2.19 bits per heavy atom. The number of piperidine rings is 1. The number of esters is 1. The van der Waals surface area contributed by atoms with Crippen LogP contribution < -0.4 is 5.32 Å². The van der Waals surface area contributed by atoms with Crippen LogP contribution in [0.4, 0.5) is 0 Å². The average Bonchev–Trinajstić information content (AvgIpc) is 2.98. The lowest BCUT2D eigenvalue weighted by molar-refractivity contribution is 0.0491. The molecule has 1 atom stereocenters. The third kappa shape index (κ3) is 3.36. The minimum Gasteiger partial charge on any atom is -0.460 e. The number of hydrogen-bond acceptors (Lipinski definition) is 6. The van der Waals surface area contributed by atoms with Crippen molar-refractivity contribution in [2.24, 2.45) is 0 Å². The number of furan rings is 1. The number of benzene rings is 1. The van der Waals surface area contributed by atoms with Gasteiger partial charge in [0.05, 0.1) is 11.5 Å². The second-order valence-electron chi connectivity index (χ2n) is 6.43. The smallest absolute Gasteiger partial charge is 0.374 e. The Kier molecular flexibility index (Phi) is 5.36. The number of ether oxygens (including phenoxy) is 1. The second-order valence-corrected chi connectivity index (χ2v) is 8.36. The highest BCUT2D eigenvalue weighted by Gasteiger charge is 2.30. The molecule has 1 aromatic carbocycles. The van der Waals surface area contributed by atoms with E-state index >= 15 is 0 Å². The molecule has 1 aromatic heterocycles. The molecule has 1 unspecified atom stereocenters. The van der Waals surface area contributed by atoms with Crippen LogP contribution >= 0.6 is 0 Å². The molecule has 1 fully saturated rings. The molecule has 142 valence electrons. The molecule has 0 spiro atoms. The zero-order valence-corrected chi connectivity index (χ0v) is 16.1. The topological polar surface area (TPSA) is 88.8 Å². The predicted octanol–water partition coefficient (Wildman–Crippen LogP) is 2.29. The first-order valence-electron chi connectivity index (χ1n) is 8.76. The first-order valence-corrected chi connectivity index (χ1v) is 10.2. The standard InChI is InChI=1S/C18H24N2O5S/c1-4-24-18(21)17-12(2)15-10-14(7-8-16(15)25-17)26(22,23)20-9-5-6-13(11-20)19-3/h7-8,10,13,19H,4-6,9,11H2,1-3H3. The Balaban J connectivity index is 1.98. The van der Waals surface area contributed by atoms with Crippen molar-refractivity contribution in [1.82, 2.24) is 9.62 Å². The number of carbonyl (C=O) groups excluding carboxylic acids is 1. The molecule has 0 aliphatic carbocycles. The van der Waals surface area contributed by atoms with Crippen molar-refractivity contribution in [3.8, 4) is 0 Å². The van der Waals surface area contributed by atoms with E-state index in [1.807, 2.05) is 7.05 Å². The van der Waals surface area contributed by atoms with Crippen LogP contribution in [0.2, 0.25) is 0 Å². The van der Waals surface area contributed by atoms with Crippen LogP contribution in [0.15, 0.2) is 27.5 Å². The predicted molar refractivity (Wildman–Crippen MR) is 97.7 cm³/mol. The number of fused-ring (bicyclic) bond motifs is 1. The van der Waals surface area contributed by atoms with Crippen LogP contribution in [-0.4, -0.2) is 51.5 Å². The summed E-state index contributed by atoms with van der Waals surface area (Å²) in [5.41, 5.74) is 1.05. The zero-order chi connectivity index (χ0) is 18.9. The minimum absolute atomic E-state index is 0.115. The molecule has 0 radical (unpaired) electrons. The molecule has 0 saturated carbocycles. The summed E-state index contributed by atoms with van der Waals surface area (Å²) >= 11 is 0. The van der Waals surface area contributed by atoms with Crippen LogP contribution in [0.3, 0.4) is 0 Å². The highest BCUT2D eigenvalue weighted by atomic mass is 32.2. The SMILES string of the molecule is CCOC(=O)c1oc2ccc(S(=O)(=O)N3CCCC(NC)C3)cc2c1C. The summed E-state index contributed by atoms with van der Waals surface area (Å²) in [5.74, 6) is -0.428. The fraction of sp³-hybridized carbons (Fsp3) is 0.500. The molecule has 1 N–H and O–H groups in total. The average molecular weight is 380 g/mol. The number of likely N-dealkylation sites (N-methyl/N-ethyl adjacent to an activating group) is 1. The number of hydrogen-bond donors (Lipinski definition) is 1. The highest BCUT2D eigenvalue weighted by molar-refractivity contribution is 7.89. The first-order chi connectivity index (χ1) is 12.4. The summed E-state index contributed by atoms with van der Waals surface area (Å²) in [7, 11) is -1.75. The van der Waals surface area contributed by atoms with Gasteiger partial charge in [-0.05, 0) is 51.9 Å². The molecule has 2 aromatic rings. The molecule has 1 saturated heterocycles. The highest BCUT2D eigenvalue weighted by Crippen LogP contribution is 2.30. The fourth-order valence-electron chi connectivity index (χ4n) is 3.30. The van der Waals surface area contributed by atoms with Crippen molar-refractivity contribution in [3.05, 3.63) is 29.5 Å². The summed E-state index contributed by atoms with van der Waals surface area (Å²) in [4.78, 5) is 12.2. The number of sulfonamides is 1. The Morgan fingerprint density at radius 3 is 2.88 bits per heavy atom. The van der Waals surface area contributed by atoms with E-state index in [1.165, 1.54) is 10.4 Å². The first kappa shape index (κ1) is 18.9. The molecule has 3 rings (SSSR count). The maximum absolute atomic E-state index is 13.0. The maximum atomic E-state index is 13.0. The van der Waals surface area contributed by atoms with E-state index in [0.717, 1.165) is 12.8 Å². The van der Waals surface area contributed by atoms with Gasteiger partial charge >= 0.3 is 5.97 Å². The number of nitrogens with zero attached hydrogens (tertiary/aromatic N) is 1. The van der Waals surface area contributed by atoms with Gasteiger partial charge in [0.2, 0.25) is 15.8 Å². The molecular weight excluding hydrogens is 356 g/mol. The van der Waals surface area contributed by atoms with Crippen LogP contribution in [0.1, 0.15) is 35.9 Å². The van der Waals surface area contributed by atoms with E-state index in [1.54, 1.807) is 26.0 Å². The van der Waals surface area contributed by atoms with E-state index in [4.69, 9.17) is 9.15 Å². The van der Waals surface area contributed by atoms with E-state index in [-0.39, 0.29) is 23.3 Å². The van der Waals surface area contributed by atoms with Crippen LogP contribution in [0.5, 0.6) is 0 Å². The Morgan fingerprint density at radius 1 is 1.42 bits per heavy atom. The van der Waals surface area contributed by atoms with Gasteiger partial charge < -0.3 is 14.5 Å². The Hall–Kier alpha value is -1.90. The lowest BCUT2D eigenvalue weighted by atomic mass is 10.1. The van der Waals surface area contributed by atoms with Gasteiger partial charge in [-0.1, -0.05) is 0 Å². The van der Waals surface area contributed by atoms with Gasteiger partial charge in [-0.3, -0.25) is 0 Å². The maximum Gasteiger partial charge on any atom is 0.374 e. The second kappa shape index (κ2) is 7.38. The lowest BCUT2D eigenvalue weighted by Gasteiger charge is -2.31. The van der Waals surface area contributed by atoms with Gasteiger partial charge in [0.1, 0.15) is 5.58 Å². The van der Waals surface area contributed by atoms with Gasteiger partial charge in [0, 0.05) is 30.1 Å². The van der Waals surface area contributed by atoms with E-state index < -0.39 is 16.0 Å². The van der Waals surface area contributed by atoms with E-state index in [0.29, 0.717) is 29.6 Å². The number of carbonyl (C=O) groups is 1. The third-order valence-corrected chi connectivity index (χ3v) is 6.66. The molecule has 8 heteroatoms. The van der Waals surface area contributed by atoms with E-state index in [2.05, 4.69) is 5.32 Å². The van der Waals surface area contributed by atoms with Crippen LogP contribution in [0.25, 0.3) is 11.0 Å². The normalized spacial score (nSPS) is 19.0. The van der Waals surface area contributed by atoms with Gasteiger partial charge in [-0.2, -0.15) is 4.31 Å². The van der Waals surface area contributed by atoms with E-state index in [9.17, 15) is 13.2 Å². The van der Waals surface area contributed by atoms with Gasteiger partial charge in [-0.25, -0.2) is 13.2 Å². The van der Waals surface area contributed by atoms with Crippen molar-refractivity contribution >= 4 is 27.0 Å². The van der Waals surface area contributed by atoms with Crippen molar-refractivity contribution in [2.75, 3.05) is 26.7 Å². The molecule has 2 heterocycles. The minimum atomic E-state index is -3.60. The molecule has 7 nitrogen and oxygen atoms in total. The quantitative estimate of drug-likeness (QED) is 0.801. The van der Waals surface area contributed by atoms with Crippen LogP contribution in [-0.2, 0) is 14.8 Å². The fourth-order valence-corrected chi connectivity index (χ4v) is 4.85. The molecule has 1 aliphatic heterocycles. The van der Waals surface area contributed by atoms with Crippen molar-refractivity contribution in [2.45, 2.75) is 37.6 Å². The van der Waals surface area contributed by atoms with Crippen molar-refractivity contribution in [3.63, 3.8) is 0 Å². The summed E-state index contributed by atoms with van der Waals surface area (Å²) in [6.07, 6.45) is 1.79. The summed E-state index contributed by atoms with van der Waals surface area (Å²) in [6.45, 7) is 4.66.